The number of carbonyl (C=O) groups is 2. The first-order chi connectivity index (χ1) is 8.79. The van der Waals surface area contributed by atoms with Gasteiger partial charge in [-0.2, -0.15) is 13.2 Å². The van der Waals surface area contributed by atoms with E-state index in [-0.39, 0.29) is 22.4 Å². The fourth-order valence-electron chi connectivity index (χ4n) is 2.69. The van der Waals surface area contributed by atoms with Gasteiger partial charge in [-0.3, -0.25) is 4.79 Å². The first-order valence-electron chi connectivity index (χ1n) is 5.62. The Bertz CT molecular complexity index is 475. The van der Waals surface area contributed by atoms with Gasteiger partial charge >= 0.3 is 18.1 Å². The van der Waals surface area contributed by atoms with Crippen molar-refractivity contribution in [1.29, 1.82) is 0 Å². The van der Waals surface area contributed by atoms with Gasteiger partial charge in [0.05, 0.1) is 11.2 Å². The predicted molar refractivity (Wildman–Crippen MR) is 58.2 cm³/mol. The molecule has 5 unspecified atom stereocenters. The van der Waals surface area contributed by atoms with E-state index < -0.39 is 29.9 Å². The highest BCUT2D eigenvalue weighted by Crippen LogP contribution is 2.56. The van der Waals surface area contributed by atoms with Crippen molar-refractivity contribution >= 4 is 23.7 Å². The molecule has 0 aromatic carbocycles. The van der Waals surface area contributed by atoms with Crippen LogP contribution in [0.5, 0.6) is 0 Å². The third-order valence-electron chi connectivity index (χ3n) is 3.62. The Kier molecular flexibility index (Phi) is 2.64. The fourth-order valence-corrected chi connectivity index (χ4v) is 4.56. The van der Waals surface area contributed by atoms with Gasteiger partial charge in [0.1, 0.15) is 5.57 Å². The quantitative estimate of drug-likeness (QED) is 0.570. The number of hydrogen-bond donors (Lipinski definition) is 0. The van der Waals surface area contributed by atoms with Gasteiger partial charge in [-0.25, -0.2) is 4.79 Å². The molecule has 0 aliphatic carbocycles. The highest BCUT2D eigenvalue weighted by atomic mass is 32.2. The Balaban J connectivity index is 1.71. The molecule has 5 atom stereocenters. The molecule has 8 heteroatoms. The summed E-state index contributed by atoms with van der Waals surface area (Å²) in [7, 11) is 0. The lowest BCUT2D eigenvalue weighted by Crippen LogP contribution is -2.41. The Morgan fingerprint density at radius 2 is 2.16 bits per heavy atom. The van der Waals surface area contributed by atoms with Crippen molar-refractivity contribution in [3.05, 3.63) is 12.2 Å². The average Bonchev–Trinajstić information content (AvgIpc) is 2.91. The Hall–Kier alpha value is -1.18. The number of rotatable bonds is 2. The van der Waals surface area contributed by atoms with Crippen LogP contribution in [0.25, 0.3) is 0 Å². The van der Waals surface area contributed by atoms with Crippen molar-refractivity contribution in [2.24, 2.45) is 5.92 Å². The number of alkyl halides is 3. The number of ether oxygens (including phenoxy) is 2. The van der Waals surface area contributed by atoms with Crippen LogP contribution in [0, 0.1) is 5.92 Å². The lowest BCUT2D eigenvalue weighted by atomic mass is 9.88. The van der Waals surface area contributed by atoms with Gasteiger partial charge in [0.15, 0.2) is 12.2 Å². The van der Waals surface area contributed by atoms with Gasteiger partial charge in [-0.1, -0.05) is 6.58 Å². The van der Waals surface area contributed by atoms with E-state index in [9.17, 15) is 22.8 Å². The van der Waals surface area contributed by atoms with E-state index in [0.29, 0.717) is 6.42 Å². The van der Waals surface area contributed by atoms with Gasteiger partial charge in [0.2, 0.25) is 0 Å². The standard InChI is InChI=1S/C11H9F3O4S/c1-3(11(12,13)14)9(15)17-6-5-2-4-8(19-5)7(6)18-10(4)16/h4-8H,1-2H2. The minimum absolute atomic E-state index is 0.102. The van der Waals surface area contributed by atoms with E-state index in [1.807, 2.05) is 0 Å². The molecule has 4 nitrogen and oxygen atoms in total. The van der Waals surface area contributed by atoms with Crippen molar-refractivity contribution < 1.29 is 32.2 Å². The largest absolute Gasteiger partial charge is 0.457 e. The molecule has 0 radical (unpaired) electrons. The zero-order valence-corrected chi connectivity index (χ0v) is 10.3. The lowest BCUT2D eigenvalue weighted by molar-refractivity contribution is -0.163. The maximum absolute atomic E-state index is 12.3. The summed E-state index contributed by atoms with van der Waals surface area (Å²) < 4.78 is 46.9. The molecule has 0 amide bonds. The SMILES string of the molecule is C=C(C(=O)OC1C2CC3C(=O)OC1C3S2)C(F)(F)F. The van der Waals surface area contributed by atoms with Crippen LogP contribution in [0.3, 0.4) is 0 Å². The van der Waals surface area contributed by atoms with Gasteiger partial charge in [0.25, 0.3) is 0 Å². The molecule has 0 N–H and O–H groups in total. The predicted octanol–water partition coefficient (Wildman–Crippen LogP) is 1.45. The van der Waals surface area contributed by atoms with E-state index in [4.69, 9.17) is 9.47 Å². The monoisotopic (exact) mass is 294 g/mol. The molecule has 3 aliphatic heterocycles. The van der Waals surface area contributed by atoms with Crippen molar-refractivity contribution in [3.63, 3.8) is 0 Å². The first-order valence-corrected chi connectivity index (χ1v) is 6.56. The Morgan fingerprint density at radius 1 is 1.47 bits per heavy atom. The minimum atomic E-state index is -4.81. The smallest absolute Gasteiger partial charge is 0.422 e. The molecule has 3 fully saturated rings. The maximum Gasteiger partial charge on any atom is 0.422 e. The van der Waals surface area contributed by atoms with Crippen LogP contribution in [0.1, 0.15) is 6.42 Å². The van der Waals surface area contributed by atoms with Crippen molar-refractivity contribution in [2.45, 2.75) is 35.3 Å². The second-order valence-electron chi connectivity index (χ2n) is 4.73. The second-order valence-corrected chi connectivity index (χ2v) is 6.15. The number of hydrogen-bond acceptors (Lipinski definition) is 5. The van der Waals surface area contributed by atoms with Crippen molar-refractivity contribution in [1.82, 2.24) is 0 Å². The van der Waals surface area contributed by atoms with Crippen LogP contribution in [0.4, 0.5) is 13.2 Å². The zero-order valence-electron chi connectivity index (χ0n) is 9.48. The van der Waals surface area contributed by atoms with Crippen LogP contribution in [0.2, 0.25) is 0 Å². The molecule has 3 aliphatic rings. The lowest BCUT2D eigenvalue weighted by Gasteiger charge is -2.24. The summed E-state index contributed by atoms with van der Waals surface area (Å²) >= 11 is 1.45. The third-order valence-corrected chi connectivity index (χ3v) is 5.34. The molecule has 19 heavy (non-hydrogen) atoms. The van der Waals surface area contributed by atoms with Crippen LogP contribution < -0.4 is 0 Å². The highest BCUT2D eigenvalue weighted by Gasteiger charge is 2.64. The summed E-state index contributed by atoms with van der Waals surface area (Å²) in [6.45, 7) is 2.69. The molecule has 0 aromatic rings. The molecule has 2 bridgehead atoms. The molecule has 0 saturated carbocycles. The summed E-state index contributed by atoms with van der Waals surface area (Å²) in [4.78, 5) is 22.8. The number of halogens is 3. The molecule has 104 valence electrons. The average molecular weight is 294 g/mol. The molecule has 3 rings (SSSR count). The van der Waals surface area contributed by atoms with Gasteiger partial charge in [-0.15, -0.1) is 11.8 Å². The van der Waals surface area contributed by atoms with E-state index in [1.54, 1.807) is 0 Å². The zero-order chi connectivity index (χ0) is 13.9. The summed E-state index contributed by atoms with van der Waals surface area (Å²) in [6, 6.07) is 0. The number of esters is 2. The first kappa shape index (κ1) is 12.8. The fraction of sp³-hybridized carbons (Fsp3) is 0.636. The number of carbonyl (C=O) groups excluding carboxylic acids is 2. The summed E-state index contributed by atoms with van der Waals surface area (Å²) in [5.41, 5.74) is -1.54. The molecule has 0 spiro atoms. The Morgan fingerprint density at radius 3 is 2.79 bits per heavy atom. The molecular weight excluding hydrogens is 285 g/mol. The summed E-state index contributed by atoms with van der Waals surface area (Å²) in [5, 5.41) is -0.272. The van der Waals surface area contributed by atoms with E-state index in [2.05, 4.69) is 6.58 Å². The van der Waals surface area contributed by atoms with Crippen LogP contribution in [-0.2, 0) is 19.1 Å². The Labute approximate surface area is 110 Å². The molecule has 0 aromatic heterocycles. The minimum Gasteiger partial charge on any atom is -0.457 e. The van der Waals surface area contributed by atoms with Gasteiger partial charge in [0, 0.05) is 5.25 Å². The molecular formula is C11H9F3O4S. The van der Waals surface area contributed by atoms with E-state index in [0.717, 1.165) is 0 Å². The van der Waals surface area contributed by atoms with Crippen LogP contribution >= 0.6 is 11.8 Å². The second kappa shape index (κ2) is 3.91. The van der Waals surface area contributed by atoms with Crippen molar-refractivity contribution in [3.8, 4) is 0 Å². The van der Waals surface area contributed by atoms with E-state index in [1.165, 1.54) is 11.8 Å². The number of thioether (sulfide) groups is 1. The van der Waals surface area contributed by atoms with E-state index >= 15 is 0 Å². The molecule has 3 saturated heterocycles. The summed E-state index contributed by atoms with van der Waals surface area (Å²) in [5.74, 6) is -2.05. The van der Waals surface area contributed by atoms with Crippen LogP contribution in [0.15, 0.2) is 12.2 Å². The maximum atomic E-state index is 12.3. The highest BCUT2D eigenvalue weighted by molar-refractivity contribution is 8.01. The summed E-state index contributed by atoms with van der Waals surface area (Å²) in [6.07, 6.45) is -5.74. The molecule has 3 heterocycles. The topological polar surface area (TPSA) is 52.6 Å². The third kappa shape index (κ3) is 1.84. The van der Waals surface area contributed by atoms with Crippen LogP contribution in [-0.4, -0.2) is 40.8 Å². The van der Waals surface area contributed by atoms with Gasteiger partial charge < -0.3 is 9.47 Å². The normalized spacial score (nSPS) is 39.3. The van der Waals surface area contributed by atoms with Gasteiger partial charge in [-0.05, 0) is 6.42 Å². The number of fused-ring (bicyclic) bond motifs is 1. The van der Waals surface area contributed by atoms with Crippen molar-refractivity contribution in [2.75, 3.05) is 0 Å².